The SMILES string of the molecule is C#CCNC(=O)Nc1ccnn1CCc1ccccc1. The van der Waals surface area contributed by atoms with E-state index in [0.717, 1.165) is 6.42 Å². The zero-order valence-electron chi connectivity index (χ0n) is 11.0. The van der Waals surface area contributed by atoms with Crippen molar-refractivity contribution < 1.29 is 4.79 Å². The molecule has 0 fully saturated rings. The number of anilines is 1. The molecule has 5 nitrogen and oxygen atoms in total. The molecule has 1 aromatic carbocycles. The van der Waals surface area contributed by atoms with Crippen LogP contribution in [0.5, 0.6) is 0 Å². The van der Waals surface area contributed by atoms with E-state index in [1.165, 1.54) is 5.56 Å². The Bertz CT molecular complexity index is 598. The second-order valence-corrected chi connectivity index (χ2v) is 4.19. The minimum atomic E-state index is -0.329. The van der Waals surface area contributed by atoms with E-state index in [9.17, 15) is 4.79 Å². The molecule has 0 unspecified atom stereocenters. The Balaban J connectivity index is 1.92. The number of terminal acetylenes is 1. The summed E-state index contributed by atoms with van der Waals surface area (Å²) in [5.74, 6) is 2.99. The highest BCUT2D eigenvalue weighted by molar-refractivity contribution is 5.88. The van der Waals surface area contributed by atoms with Crippen molar-refractivity contribution in [2.45, 2.75) is 13.0 Å². The molecule has 0 spiro atoms. The third kappa shape index (κ3) is 3.89. The van der Waals surface area contributed by atoms with Crippen LogP contribution in [0.3, 0.4) is 0 Å². The van der Waals surface area contributed by atoms with E-state index in [1.807, 2.05) is 18.2 Å². The summed E-state index contributed by atoms with van der Waals surface area (Å²) >= 11 is 0. The van der Waals surface area contributed by atoms with Gasteiger partial charge in [-0.25, -0.2) is 9.48 Å². The highest BCUT2D eigenvalue weighted by Crippen LogP contribution is 2.08. The van der Waals surface area contributed by atoms with Crippen molar-refractivity contribution in [2.75, 3.05) is 11.9 Å². The molecule has 20 heavy (non-hydrogen) atoms. The lowest BCUT2D eigenvalue weighted by molar-refractivity contribution is 0.253. The normalized spacial score (nSPS) is 9.75. The number of carbonyl (C=O) groups excluding carboxylic acids is 1. The van der Waals surface area contributed by atoms with Crippen LogP contribution < -0.4 is 10.6 Å². The topological polar surface area (TPSA) is 59.0 Å². The first-order chi connectivity index (χ1) is 9.79. The van der Waals surface area contributed by atoms with Gasteiger partial charge in [-0.2, -0.15) is 5.10 Å². The van der Waals surface area contributed by atoms with E-state index >= 15 is 0 Å². The maximum absolute atomic E-state index is 11.5. The summed E-state index contributed by atoms with van der Waals surface area (Å²) < 4.78 is 1.75. The number of aromatic nitrogens is 2. The fourth-order valence-electron chi connectivity index (χ4n) is 1.79. The van der Waals surface area contributed by atoms with Gasteiger partial charge in [-0.15, -0.1) is 6.42 Å². The molecule has 2 aromatic rings. The maximum Gasteiger partial charge on any atom is 0.321 e. The van der Waals surface area contributed by atoms with Crippen molar-refractivity contribution in [3.63, 3.8) is 0 Å². The number of rotatable bonds is 5. The van der Waals surface area contributed by atoms with Gasteiger partial charge in [0, 0.05) is 12.6 Å². The van der Waals surface area contributed by atoms with E-state index in [1.54, 1.807) is 16.9 Å². The molecule has 102 valence electrons. The van der Waals surface area contributed by atoms with Crippen LogP contribution in [0.1, 0.15) is 5.56 Å². The second-order valence-electron chi connectivity index (χ2n) is 4.19. The van der Waals surface area contributed by atoms with Gasteiger partial charge in [0.15, 0.2) is 0 Å². The van der Waals surface area contributed by atoms with Gasteiger partial charge >= 0.3 is 6.03 Å². The van der Waals surface area contributed by atoms with Gasteiger partial charge in [-0.05, 0) is 12.0 Å². The average molecular weight is 268 g/mol. The molecule has 2 rings (SSSR count). The molecular formula is C15H16N4O. The van der Waals surface area contributed by atoms with Crippen LogP contribution in [-0.2, 0) is 13.0 Å². The van der Waals surface area contributed by atoms with E-state index in [-0.39, 0.29) is 12.6 Å². The van der Waals surface area contributed by atoms with Gasteiger partial charge in [0.1, 0.15) is 5.82 Å². The molecule has 0 bridgehead atoms. The van der Waals surface area contributed by atoms with Gasteiger partial charge in [-0.1, -0.05) is 36.3 Å². The number of amides is 2. The third-order valence-electron chi connectivity index (χ3n) is 2.76. The Labute approximate surface area is 118 Å². The summed E-state index contributed by atoms with van der Waals surface area (Å²) in [5, 5.41) is 9.46. The van der Waals surface area contributed by atoms with Gasteiger partial charge in [0.25, 0.3) is 0 Å². The molecular weight excluding hydrogens is 252 g/mol. The number of hydrogen-bond donors (Lipinski definition) is 2. The highest BCUT2D eigenvalue weighted by atomic mass is 16.2. The van der Waals surface area contributed by atoms with Crippen LogP contribution in [0.4, 0.5) is 10.6 Å². The smallest absolute Gasteiger partial charge is 0.321 e. The predicted octanol–water partition coefficient (Wildman–Crippen LogP) is 1.88. The molecule has 2 amide bonds. The summed E-state index contributed by atoms with van der Waals surface area (Å²) in [6.45, 7) is 0.895. The standard InChI is InChI=1S/C15H16N4O/c1-2-10-16-15(20)18-14-8-11-17-19(14)12-9-13-6-4-3-5-7-13/h1,3-8,11H,9-10,12H2,(H2,16,18,20). The van der Waals surface area contributed by atoms with Crippen molar-refractivity contribution in [1.29, 1.82) is 0 Å². The summed E-state index contributed by atoms with van der Waals surface area (Å²) in [6.07, 6.45) is 7.59. The average Bonchev–Trinajstić information content (AvgIpc) is 2.91. The molecule has 1 heterocycles. The minimum Gasteiger partial charge on any atom is -0.327 e. The van der Waals surface area contributed by atoms with Crippen LogP contribution in [0, 0.1) is 12.3 Å². The lowest BCUT2D eigenvalue weighted by Gasteiger charge is -2.09. The van der Waals surface area contributed by atoms with Crippen molar-refractivity contribution in [2.24, 2.45) is 0 Å². The van der Waals surface area contributed by atoms with Crippen molar-refractivity contribution >= 4 is 11.8 Å². The zero-order valence-corrected chi connectivity index (χ0v) is 11.0. The summed E-state index contributed by atoms with van der Waals surface area (Å²) in [5.41, 5.74) is 1.23. The van der Waals surface area contributed by atoms with Crippen molar-refractivity contribution in [3.8, 4) is 12.3 Å². The predicted molar refractivity (Wildman–Crippen MR) is 78.2 cm³/mol. The number of nitrogens with zero attached hydrogens (tertiary/aromatic N) is 2. The van der Waals surface area contributed by atoms with Gasteiger partial charge in [0.2, 0.25) is 0 Å². The molecule has 0 saturated carbocycles. The lowest BCUT2D eigenvalue weighted by atomic mass is 10.1. The van der Waals surface area contributed by atoms with Crippen molar-refractivity contribution in [1.82, 2.24) is 15.1 Å². The molecule has 0 saturated heterocycles. The summed E-state index contributed by atoms with van der Waals surface area (Å²) in [6, 6.07) is 11.5. The van der Waals surface area contributed by atoms with Crippen LogP contribution in [-0.4, -0.2) is 22.4 Å². The van der Waals surface area contributed by atoms with Crippen LogP contribution in [0.15, 0.2) is 42.6 Å². The number of hydrogen-bond acceptors (Lipinski definition) is 2. The van der Waals surface area contributed by atoms with Gasteiger partial charge in [0.05, 0.1) is 12.7 Å². The monoisotopic (exact) mass is 268 g/mol. The quantitative estimate of drug-likeness (QED) is 0.813. The third-order valence-corrected chi connectivity index (χ3v) is 2.76. The van der Waals surface area contributed by atoms with Crippen LogP contribution >= 0.6 is 0 Å². The van der Waals surface area contributed by atoms with Crippen LogP contribution in [0.25, 0.3) is 0 Å². The maximum atomic E-state index is 11.5. The summed E-state index contributed by atoms with van der Waals surface area (Å²) in [4.78, 5) is 11.5. The first-order valence-electron chi connectivity index (χ1n) is 6.33. The van der Waals surface area contributed by atoms with E-state index < -0.39 is 0 Å². The zero-order chi connectivity index (χ0) is 14.2. The van der Waals surface area contributed by atoms with E-state index in [4.69, 9.17) is 6.42 Å². The fourth-order valence-corrected chi connectivity index (χ4v) is 1.79. The number of carbonyl (C=O) groups is 1. The fraction of sp³-hybridized carbons (Fsp3) is 0.200. The van der Waals surface area contributed by atoms with E-state index in [2.05, 4.69) is 33.8 Å². The Kier molecular flexibility index (Phi) is 4.79. The minimum absolute atomic E-state index is 0.198. The Morgan fingerprint density at radius 2 is 2.10 bits per heavy atom. The van der Waals surface area contributed by atoms with E-state index in [0.29, 0.717) is 12.4 Å². The highest BCUT2D eigenvalue weighted by Gasteiger charge is 2.06. The first kappa shape index (κ1) is 13.7. The molecule has 2 N–H and O–H groups in total. The number of aryl methyl sites for hydroxylation is 2. The molecule has 0 radical (unpaired) electrons. The Morgan fingerprint density at radius 3 is 2.85 bits per heavy atom. The number of benzene rings is 1. The van der Waals surface area contributed by atoms with Gasteiger partial charge in [-0.3, -0.25) is 5.32 Å². The molecule has 1 aromatic heterocycles. The molecule has 0 atom stereocenters. The number of urea groups is 1. The molecule has 0 aliphatic carbocycles. The molecule has 5 heteroatoms. The largest absolute Gasteiger partial charge is 0.327 e. The van der Waals surface area contributed by atoms with Crippen molar-refractivity contribution in [3.05, 3.63) is 48.2 Å². The number of nitrogens with one attached hydrogen (secondary N) is 2. The lowest BCUT2D eigenvalue weighted by Crippen LogP contribution is -2.30. The first-order valence-corrected chi connectivity index (χ1v) is 6.33. The second kappa shape index (κ2) is 7.00. The Hall–Kier alpha value is -2.74. The molecule has 0 aliphatic rings. The van der Waals surface area contributed by atoms with Gasteiger partial charge < -0.3 is 5.32 Å². The Morgan fingerprint density at radius 1 is 1.30 bits per heavy atom. The summed E-state index contributed by atoms with van der Waals surface area (Å²) in [7, 11) is 0. The molecule has 0 aliphatic heterocycles. The van der Waals surface area contributed by atoms with Crippen LogP contribution in [0.2, 0.25) is 0 Å².